The van der Waals surface area contributed by atoms with Crippen LogP contribution in [0, 0.1) is 11.8 Å². The number of nitrogens with zero attached hydrogens (tertiary/aromatic N) is 1. The number of likely N-dealkylation sites (N-methyl/N-ethyl adjacent to an activating group) is 1. The molecule has 94 valence electrons. The summed E-state index contributed by atoms with van der Waals surface area (Å²) >= 11 is 0. The van der Waals surface area contributed by atoms with Crippen molar-refractivity contribution in [2.45, 2.75) is 58.0 Å². The van der Waals surface area contributed by atoms with Crippen molar-refractivity contribution in [3.05, 3.63) is 0 Å². The van der Waals surface area contributed by atoms with E-state index in [1.807, 2.05) is 0 Å². The van der Waals surface area contributed by atoms with Gasteiger partial charge in [0.1, 0.15) is 0 Å². The van der Waals surface area contributed by atoms with E-state index >= 15 is 0 Å². The van der Waals surface area contributed by atoms with Crippen LogP contribution >= 0.6 is 0 Å². The topological polar surface area (TPSA) is 15.3 Å². The van der Waals surface area contributed by atoms with Gasteiger partial charge in [-0.25, -0.2) is 0 Å². The molecule has 2 rings (SSSR count). The number of hydrogen-bond acceptors (Lipinski definition) is 2. The van der Waals surface area contributed by atoms with Crippen LogP contribution in [-0.2, 0) is 0 Å². The molecule has 0 aromatic rings. The summed E-state index contributed by atoms with van der Waals surface area (Å²) in [5.74, 6) is 1.80. The summed E-state index contributed by atoms with van der Waals surface area (Å²) in [5.41, 5.74) is 0. The van der Waals surface area contributed by atoms with Gasteiger partial charge in [0, 0.05) is 18.6 Å². The SMILES string of the molecule is CC1CCC(C)C(NC2CCCN(C)C2)C1. The standard InChI is InChI=1S/C14H28N2/c1-11-6-7-12(2)14(9-11)15-13-5-4-8-16(3)10-13/h11-15H,4-10H2,1-3H3. The molecule has 2 aliphatic rings. The monoisotopic (exact) mass is 224 g/mol. The fourth-order valence-corrected chi connectivity index (χ4v) is 3.37. The average Bonchev–Trinajstić information content (AvgIpc) is 2.24. The smallest absolute Gasteiger partial charge is 0.0198 e. The van der Waals surface area contributed by atoms with Crippen LogP contribution in [0.3, 0.4) is 0 Å². The minimum atomic E-state index is 0.747. The van der Waals surface area contributed by atoms with E-state index in [0.29, 0.717) is 0 Å². The summed E-state index contributed by atoms with van der Waals surface area (Å²) in [6, 6.07) is 1.52. The molecule has 1 aliphatic carbocycles. The fourth-order valence-electron chi connectivity index (χ4n) is 3.37. The third-order valence-electron chi connectivity index (χ3n) is 4.53. The third-order valence-corrected chi connectivity index (χ3v) is 4.53. The van der Waals surface area contributed by atoms with Gasteiger partial charge in [-0.2, -0.15) is 0 Å². The average molecular weight is 224 g/mol. The molecule has 2 fully saturated rings. The molecule has 2 nitrogen and oxygen atoms in total. The van der Waals surface area contributed by atoms with E-state index in [-0.39, 0.29) is 0 Å². The molecule has 0 amide bonds. The molecule has 0 spiro atoms. The van der Waals surface area contributed by atoms with Crippen molar-refractivity contribution in [2.75, 3.05) is 20.1 Å². The lowest BCUT2D eigenvalue weighted by molar-refractivity contribution is 0.167. The maximum atomic E-state index is 3.93. The zero-order valence-electron chi connectivity index (χ0n) is 11.2. The van der Waals surface area contributed by atoms with Crippen LogP contribution in [0.5, 0.6) is 0 Å². The van der Waals surface area contributed by atoms with Crippen LogP contribution < -0.4 is 5.32 Å². The van der Waals surface area contributed by atoms with E-state index in [1.165, 1.54) is 45.2 Å². The molecular weight excluding hydrogens is 196 g/mol. The minimum Gasteiger partial charge on any atom is -0.310 e. The van der Waals surface area contributed by atoms with Crippen LogP contribution in [0.4, 0.5) is 0 Å². The molecule has 4 atom stereocenters. The molecule has 1 N–H and O–H groups in total. The summed E-state index contributed by atoms with van der Waals surface area (Å²) < 4.78 is 0. The first-order valence-electron chi connectivity index (χ1n) is 7.09. The molecule has 4 unspecified atom stereocenters. The summed E-state index contributed by atoms with van der Waals surface area (Å²) in [6.45, 7) is 7.37. The highest BCUT2D eigenvalue weighted by atomic mass is 15.1. The van der Waals surface area contributed by atoms with Gasteiger partial charge in [-0.15, -0.1) is 0 Å². The zero-order chi connectivity index (χ0) is 11.5. The Morgan fingerprint density at radius 1 is 1.12 bits per heavy atom. The zero-order valence-corrected chi connectivity index (χ0v) is 11.2. The van der Waals surface area contributed by atoms with Crippen LogP contribution in [0.25, 0.3) is 0 Å². The summed E-state index contributed by atoms with van der Waals surface area (Å²) in [5, 5.41) is 3.93. The van der Waals surface area contributed by atoms with Gasteiger partial charge in [0.15, 0.2) is 0 Å². The van der Waals surface area contributed by atoms with Crippen LogP contribution in [-0.4, -0.2) is 37.1 Å². The predicted molar refractivity (Wildman–Crippen MR) is 69.6 cm³/mol. The maximum Gasteiger partial charge on any atom is 0.0198 e. The second kappa shape index (κ2) is 5.50. The van der Waals surface area contributed by atoms with Crippen LogP contribution in [0.1, 0.15) is 46.0 Å². The van der Waals surface area contributed by atoms with Crippen molar-refractivity contribution in [1.29, 1.82) is 0 Å². The lowest BCUT2D eigenvalue weighted by atomic mass is 9.79. The number of nitrogens with one attached hydrogen (secondary N) is 1. The maximum absolute atomic E-state index is 3.93. The quantitative estimate of drug-likeness (QED) is 0.775. The molecule has 0 aromatic heterocycles. The second-order valence-corrected chi connectivity index (χ2v) is 6.27. The first-order valence-corrected chi connectivity index (χ1v) is 7.09. The van der Waals surface area contributed by atoms with E-state index in [0.717, 1.165) is 23.9 Å². The van der Waals surface area contributed by atoms with E-state index < -0.39 is 0 Å². The largest absolute Gasteiger partial charge is 0.310 e. The Labute approximate surface area is 101 Å². The highest BCUT2D eigenvalue weighted by Crippen LogP contribution is 2.29. The molecule has 1 heterocycles. The number of piperidine rings is 1. The molecule has 1 aliphatic heterocycles. The highest BCUT2D eigenvalue weighted by molar-refractivity contribution is 4.86. The minimum absolute atomic E-state index is 0.747. The van der Waals surface area contributed by atoms with Gasteiger partial charge in [0.2, 0.25) is 0 Å². The van der Waals surface area contributed by atoms with E-state index in [2.05, 4.69) is 31.1 Å². The van der Waals surface area contributed by atoms with Crippen molar-refractivity contribution in [2.24, 2.45) is 11.8 Å². The van der Waals surface area contributed by atoms with Gasteiger partial charge in [-0.05, 0) is 51.1 Å². The van der Waals surface area contributed by atoms with E-state index in [9.17, 15) is 0 Å². The lowest BCUT2D eigenvalue weighted by Gasteiger charge is -2.39. The Bertz CT molecular complexity index is 217. The van der Waals surface area contributed by atoms with Crippen LogP contribution in [0.15, 0.2) is 0 Å². The highest BCUT2D eigenvalue weighted by Gasteiger charge is 2.28. The summed E-state index contributed by atoms with van der Waals surface area (Å²) in [4.78, 5) is 2.47. The van der Waals surface area contributed by atoms with Gasteiger partial charge >= 0.3 is 0 Å². The molecule has 0 bridgehead atoms. The molecule has 0 radical (unpaired) electrons. The Morgan fingerprint density at radius 2 is 1.94 bits per heavy atom. The molecule has 0 aromatic carbocycles. The normalized spacial score (nSPS) is 42.2. The number of rotatable bonds is 2. The van der Waals surface area contributed by atoms with Crippen molar-refractivity contribution in [1.82, 2.24) is 10.2 Å². The predicted octanol–water partition coefficient (Wildman–Crippen LogP) is 2.49. The lowest BCUT2D eigenvalue weighted by Crippen LogP contribution is -2.51. The Hall–Kier alpha value is -0.0800. The first kappa shape index (κ1) is 12.4. The van der Waals surface area contributed by atoms with Gasteiger partial charge < -0.3 is 10.2 Å². The number of likely N-dealkylation sites (tertiary alicyclic amines) is 1. The van der Waals surface area contributed by atoms with Gasteiger partial charge in [-0.3, -0.25) is 0 Å². The van der Waals surface area contributed by atoms with Crippen LogP contribution in [0.2, 0.25) is 0 Å². The molecule has 16 heavy (non-hydrogen) atoms. The van der Waals surface area contributed by atoms with Crippen molar-refractivity contribution in [3.8, 4) is 0 Å². The van der Waals surface area contributed by atoms with Gasteiger partial charge in [-0.1, -0.05) is 20.3 Å². The molecular formula is C14H28N2. The first-order chi connectivity index (χ1) is 7.65. The molecule has 2 heteroatoms. The van der Waals surface area contributed by atoms with E-state index in [1.54, 1.807) is 0 Å². The summed E-state index contributed by atoms with van der Waals surface area (Å²) in [6.07, 6.45) is 6.99. The number of hydrogen-bond donors (Lipinski definition) is 1. The van der Waals surface area contributed by atoms with Crippen molar-refractivity contribution < 1.29 is 0 Å². The van der Waals surface area contributed by atoms with Crippen molar-refractivity contribution >= 4 is 0 Å². The Balaban J connectivity index is 1.82. The third kappa shape index (κ3) is 3.21. The fraction of sp³-hybridized carbons (Fsp3) is 1.00. The summed E-state index contributed by atoms with van der Waals surface area (Å²) in [7, 11) is 2.25. The molecule has 1 saturated heterocycles. The Kier molecular flexibility index (Phi) is 4.26. The second-order valence-electron chi connectivity index (χ2n) is 6.27. The molecule has 1 saturated carbocycles. The van der Waals surface area contributed by atoms with E-state index in [4.69, 9.17) is 0 Å². The van der Waals surface area contributed by atoms with Gasteiger partial charge in [0.25, 0.3) is 0 Å². The Morgan fingerprint density at radius 3 is 2.69 bits per heavy atom. The van der Waals surface area contributed by atoms with Gasteiger partial charge in [0.05, 0.1) is 0 Å². The van der Waals surface area contributed by atoms with Crippen molar-refractivity contribution in [3.63, 3.8) is 0 Å².